The number of carbonyl (C=O) groups excluding carboxylic acids is 3. The molecule has 1 heterocycles. The third-order valence-electron chi connectivity index (χ3n) is 4.57. The fourth-order valence-corrected chi connectivity index (χ4v) is 3.08. The van der Waals surface area contributed by atoms with Crippen LogP contribution in [-0.2, 0) is 9.59 Å². The van der Waals surface area contributed by atoms with Crippen molar-refractivity contribution in [2.24, 2.45) is 5.92 Å². The zero-order valence-electron chi connectivity index (χ0n) is 15.6. The van der Waals surface area contributed by atoms with Gasteiger partial charge in [0.1, 0.15) is 11.5 Å². The zero-order valence-corrected chi connectivity index (χ0v) is 15.6. The van der Waals surface area contributed by atoms with Crippen LogP contribution in [0.3, 0.4) is 0 Å². The molecule has 0 saturated carbocycles. The highest BCUT2D eigenvalue weighted by Crippen LogP contribution is 2.33. The van der Waals surface area contributed by atoms with Crippen LogP contribution in [0.1, 0.15) is 22.3 Å². The van der Waals surface area contributed by atoms with Crippen LogP contribution in [0.2, 0.25) is 0 Å². The minimum Gasteiger partial charge on any atom is -0.507 e. The molecule has 3 rings (SSSR count). The van der Waals surface area contributed by atoms with Gasteiger partial charge in [0.15, 0.2) is 0 Å². The molecule has 1 fully saturated rings. The lowest BCUT2D eigenvalue weighted by Gasteiger charge is -2.20. The lowest BCUT2D eigenvalue weighted by atomic mass is 10.1. The number of phenolic OH excluding ortho intramolecular Hbond substituents is 1. The molecule has 0 bridgehead atoms. The molecule has 2 aromatic carbocycles. The van der Waals surface area contributed by atoms with E-state index in [1.807, 2.05) is 19.1 Å². The number of methoxy groups -OCH3 is 1. The van der Waals surface area contributed by atoms with E-state index in [9.17, 15) is 19.5 Å². The number of carbonyl (C=O) groups is 3. The second-order valence-electron chi connectivity index (χ2n) is 6.54. The number of rotatable bonds is 4. The molecular formula is C20H21N3O5. The summed E-state index contributed by atoms with van der Waals surface area (Å²) >= 11 is 0. The van der Waals surface area contributed by atoms with Crippen LogP contribution >= 0.6 is 0 Å². The zero-order chi connectivity index (χ0) is 20.3. The molecule has 0 spiro atoms. The minimum absolute atomic E-state index is 0.0232. The van der Waals surface area contributed by atoms with Gasteiger partial charge < -0.3 is 14.7 Å². The van der Waals surface area contributed by atoms with Gasteiger partial charge in [-0.25, -0.2) is 0 Å². The number of nitrogens with one attached hydrogen (secondary N) is 2. The third kappa shape index (κ3) is 3.90. The van der Waals surface area contributed by atoms with Crippen molar-refractivity contribution in [3.63, 3.8) is 0 Å². The molecule has 0 aliphatic carbocycles. The topological polar surface area (TPSA) is 108 Å². The van der Waals surface area contributed by atoms with Crippen molar-refractivity contribution in [1.29, 1.82) is 0 Å². The number of anilines is 1. The van der Waals surface area contributed by atoms with E-state index in [1.165, 1.54) is 24.1 Å². The van der Waals surface area contributed by atoms with Crippen LogP contribution in [0, 0.1) is 12.8 Å². The summed E-state index contributed by atoms with van der Waals surface area (Å²) in [6.07, 6.45) is 0.0232. The van der Waals surface area contributed by atoms with Gasteiger partial charge >= 0.3 is 0 Å². The van der Waals surface area contributed by atoms with Crippen molar-refractivity contribution in [2.45, 2.75) is 13.3 Å². The average molecular weight is 383 g/mol. The van der Waals surface area contributed by atoms with E-state index < -0.39 is 17.7 Å². The predicted octanol–water partition coefficient (Wildman–Crippen LogP) is 1.52. The van der Waals surface area contributed by atoms with Gasteiger partial charge in [0, 0.05) is 13.0 Å². The quantitative estimate of drug-likeness (QED) is 0.694. The normalized spacial score (nSPS) is 16.0. The summed E-state index contributed by atoms with van der Waals surface area (Å²) in [6.45, 7) is 2.08. The molecule has 0 aromatic heterocycles. The number of benzene rings is 2. The maximum Gasteiger partial charge on any atom is 0.273 e. The molecule has 146 valence electrons. The Morgan fingerprint density at radius 2 is 1.93 bits per heavy atom. The summed E-state index contributed by atoms with van der Waals surface area (Å²) < 4.78 is 5.32. The monoisotopic (exact) mass is 383 g/mol. The van der Waals surface area contributed by atoms with Crippen molar-refractivity contribution < 1.29 is 24.2 Å². The van der Waals surface area contributed by atoms with Crippen molar-refractivity contribution in [2.75, 3.05) is 18.6 Å². The highest BCUT2D eigenvalue weighted by Gasteiger charge is 2.36. The number of phenols is 1. The molecule has 1 aliphatic rings. The number of ether oxygens (including phenoxy) is 1. The predicted molar refractivity (Wildman–Crippen MR) is 102 cm³/mol. The van der Waals surface area contributed by atoms with E-state index >= 15 is 0 Å². The molecule has 8 heteroatoms. The molecule has 0 radical (unpaired) electrons. The maximum absolute atomic E-state index is 12.4. The largest absolute Gasteiger partial charge is 0.507 e. The van der Waals surface area contributed by atoms with E-state index in [4.69, 9.17) is 4.74 Å². The Balaban J connectivity index is 1.65. The average Bonchev–Trinajstić information content (AvgIpc) is 3.07. The van der Waals surface area contributed by atoms with Gasteiger partial charge in [-0.15, -0.1) is 0 Å². The fourth-order valence-electron chi connectivity index (χ4n) is 3.08. The summed E-state index contributed by atoms with van der Waals surface area (Å²) in [5.74, 6) is -1.59. The highest BCUT2D eigenvalue weighted by atomic mass is 16.5. The van der Waals surface area contributed by atoms with Crippen molar-refractivity contribution in [3.8, 4) is 11.5 Å². The first-order valence-corrected chi connectivity index (χ1v) is 8.74. The maximum atomic E-state index is 12.4. The van der Waals surface area contributed by atoms with Crippen molar-refractivity contribution >= 4 is 23.4 Å². The fraction of sp³-hybridized carbons (Fsp3) is 0.250. The van der Waals surface area contributed by atoms with Gasteiger partial charge in [-0.1, -0.05) is 18.2 Å². The van der Waals surface area contributed by atoms with Gasteiger partial charge in [0.05, 0.1) is 24.3 Å². The van der Waals surface area contributed by atoms with Crippen molar-refractivity contribution in [1.82, 2.24) is 10.9 Å². The lowest BCUT2D eigenvalue weighted by Crippen LogP contribution is -2.45. The first-order valence-electron chi connectivity index (χ1n) is 8.74. The number of para-hydroxylation sites is 1. The number of hydrazine groups is 1. The van der Waals surface area contributed by atoms with E-state index in [0.29, 0.717) is 11.4 Å². The molecule has 2 aromatic rings. The smallest absolute Gasteiger partial charge is 0.273 e. The van der Waals surface area contributed by atoms with Gasteiger partial charge in [0.25, 0.3) is 5.91 Å². The van der Waals surface area contributed by atoms with Crippen LogP contribution in [0.25, 0.3) is 0 Å². The molecule has 1 atom stereocenters. The summed E-state index contributed by atoms with van der Waals surface area (Å²) in [5, 5.41) is 9.69. The van der Waals surface area contributed by atoms with Crippen LogP contribution in [-0.4, -0.2) is 36.5 Å². The summed E-state index contributed by atoms with van der Waals surface area (Å²) in [5.41, 5.74) is 6.20. The Hall–Kier alpha value is -3.55. The second kappa shape index (κ2) is 7.99. The molecule has 0 unspecified atom stereocenters. The van der Waals surface area contributed by atoms with E-state index in [-0.39, 0.29) is 30.2 Å². The first-order chi connectivity index (χ1) is 13.4. The molecular weight excluding hydrogens is 362 g/mol. The molecule has 1 aliphatic heterocycles. The minimum atomic E-state index is -0.645. The third-order valence-corrected chi connectivity index (χ3v) is 4.57. The number of hydrogen-bond acceptors (Lipinski definition) is 5. The lowest BCUT2D eigenvalue weighted by molar-refractivity contribution is -0.126. The van der Waals surface area contributed by atoms with E-state index in [1.54, 1.807) is 18.2 Å². The molecule has 1 saturated heterocycles. The van der Waals surface area contributed by atoms with E-state index in [2.05, 4.69) is 10.9 Å². The SMILES string of the molecule is COc1ccc(C)cc1N1C[C@H](C(=O)NNC(=O)c2ccccc2O)CC1=O. The Kier molecular flexibility index (Phi) is 5.49. The van der Waals surface area contributed by atoms with Gasteiger partial charge in [-0.05, 0) is 36.8 Å². The van der Waals surface area contributed by atoms with Crippen LogP contribution in [0.15, 0.2) is 42.5 Å². The van der Waals surface area contributed by atoms with Gasteiger partial charge in [-0.2, -0.15) is 0 Å². The standard InChI is InChI=1S/C20H21N3O5/c1-12-7-8-17(28-2)15(9-12)23-11-13(10-18(23)25)19(26)21-22-20(27)14-5-3-4-6-16(14)24/h3-9,13,24H,10-11H2,1-2H3,(H,21,26)(H,22,27)/t13-/m1/s1. The Bertz CT molecular complexity index is 928. The van der Waals surface area contributed by atoms with Gasteiger partial charge in [-0.3, -0.25) is 25.2 Å². The summed E-state index contributed by atoms with van der Waals surface area (Å²) in [6, 6.07) is 11.5. The molecule has 3 N–H and O–H groups in total. The molecule has 3 amide bonds. The second-order valence-corrected chi connectivity index (χ2v) is 6.54. The Labute approximate surface area is 162 Å². The van der Waals surface area contributed by atoms with Crippen molar-refractivity contribution in [3.05, 3.63) is 53.6 Å². The van der Waals surface area contributed by atoms with Crippen LogP contribution < -0.4 is 20.5 Å². The van der Waals surface area contributed by atoms with Crippen LogP contribution in [0.4, 0.5) is 5.69 Å². The number of hydrogen-bond donors (Lipinski definition) is 3. The number of aromatic hydroxyl groups is 1. The highest BCUT2D eigenvalue weighted by molar-refractivity contribution is 6.02. The van der Waals surface area contributed by atoms with Crippen LogP contribution in [0.5, 0.6) is 11.5 Å². The van der Waals surface area contributed by atoms with Gasteiger partial charge in [0.2, 0.25) is 11.8 Å². The summed E-state index contributed by atoms with van der Waals surface area (Å²) in [7, 11) is 1.52. The Morgan fingerprint density at radius 1 is 1.18 bits per heavy atom. The number of aryl methyl sites for hydroxylation is 1. The molecule has 28 heavy (non-hydrogen) atoms. The number of nitrogens with zero attached hydrogens (tertiary/aromatic N) is 1. The summed E-state index contributed by atoms with van der Waals surface area (Å²) in [4.78, 5) is 38.4. The Morgan fingerprint density at radius 3 is 2.64 bits per heavy atom. The van der Waals surface area contributed by atoms with E-state index in [0.717, 1.165) is 5.56 Å². The number of amides is 3. The molecule has 8 nitrogen and oxygen atoms in total. The first kappa shape index (κ1) is 19.2.